The van der Waals surface area contributed by atoms with E-state index < -0.39 is 10.0 Å². The van der Waals surface area contributed by atoms with E-state index in [2.05, 4.69) is 15.5 Å². The van der Waals surface area contributed by atoms with Crippen LogP contribution in [0.2, 0.25) is 0 Å². The van der Waals surface area contributed by atoms with Gasteiger partial charge >= 0.3 is 0 Å². The first kappa shape index (κ1) is 14.1. The van der Waals surface area contributed by atoms with Crippen molar-refractivity contribution in [3.63, 3.8) is 0 Å². The molecule has 0 aliphatic carbocycles. The van der Waals surface area contributed by atoms with Crippen LogP contribution < -0.4 is 5.32 Å². The summed E-state index contributed by atoms with van der Waals surface area (Å²) in [6, 6.07) is 0. The number of aromatic nitrogens is 2. The Hall–Kier alpha value is -0.920. The molecule has 98 valence electrons. The Labute approximate surface area is 102 Å². The van der Waals surface area contributed by atoms with Crippen molar-refractivity contribution in [2.45, 2.75) is 20.4 Å². The first-order chi connectivity index (χ1) is 7.84. The molecule has 0 radical (unpaired) electrons. The maximum absolute atomic E-state index is 11.5. The summed E-state index contributed by atoms with van der Waals surface area (Å²) in [5, 5.41) is 10.1. The Kier molecular flexibility index (Phi) is 4.67. The van der Waals surface area contributed by atoms with Crippen LogP contribution in [0.4, 0.5) is 0 Å². The van der Waals surface area contributed by atoms with Gasteiger partial charge in [-0.1, -0.05) is 0 Å². The van der Waals surface area contributed by atoms with E-state index in [1.54, 1.807) is 14.1 Å². The van der Waals surface area contributed by atoms with Crippen LogP contribution in [-0.4, -0.2) is 49.3 Å². The van der Waals surface area contributed by atoms with Crippen molar-refractivity contribution in [1.29, 1.82) is 0 Å². The van der Waals surface area contributed by atoms with E-state index in [9.17, 15) is 8.42 Å². The van der Waals surface area contributed by atoms with E-state index in [4.69, 9.17) is 0 Å². The average molecular weight is 260 g/mol. The molecule has 6 nitrogen and oxygen atoms in total. The first-order valence-electron chi connectivity index (χ1n) is 5.46. The minimum atomic E-state index is -3.11. The Morgan fingerprint density at radius 2 is 2.00 bits per heavy atom. The molecule has 1 aromatic rings. The van der Waals surface area contributed by atoms with Gasteiger partial charge in [-0.3, -0.25) is 5.10 Å². The molecule has 0 saturated heterocycles. The highest BCUT2D eigenvalue weighted by atomic mass is 32.2. The van der Waals surface area contributed by atoms with Crippen LogP contribution in [0.3, 0.4) is 0 Å². The molecule has 0 aromatic carbocycles. The second-order valence-electron chi connectivity index (χ2n) is 4.19. The fourth-order valence-corrected chi connectivity index (χ4v) is 2.20. The number of aryl methyl sites for hydroxylation is 2. The first-order valence-corrected chi connectivity index (χ1v) is 7.07. The van der Waals surface area contributed by atoms with Crippen LogP contribution in [0.15, 0.2) is 0 Å². The SMILES string of the molecule is Cc1n[nH]c(C)c1CNCCS(=O)(=O)N(C)C. The topological polar surface area (TPSA) is 78.1 Å². The van der Waals surface area contributed by atoms with Gasteiger partial charge in [0.1, 0.15) is 0 Å². The van der Waals surface area contributed by atoms with Gasteiger partial charge in [-0.15, -0.1) is 0 Å². The third kappa shape index (κ3) is 3.79. The van der Waals surface area contributed by atoms with E-state index in [0.717, 1.165) is 17.0 Å². The maximum Gasteiger partial charge on any atom is 0.214 e. The number of hydrogen-bond donors (Lipinski definition) is 2. The Bertz CT molecular complexity index is 445. The molecule has 2 N–H and O–H groups in total. The van der Waals surface area contributed by atoms with Gasteiger partial charge in [-0.05, 0) is 13.8 Å². The number of hydrogen-bond acceptors (Lipinski definition) is 4. The van der Waals surface area contributed by atoms with Crippen LogP contribution in [0.25, 0.3) is 0 Å². The zero-order valence-corrected chi connectivity index (χ0v) is 11.6. The Balaban J connectivity index is 2.40. The molecule has 0 aliphatic rings. The molecule has 0 atom stereocenters. The number of aromatic amines is 1. The second kappa shape index (κ2) is 5.61. The molecule has 1 aromatic heterocycles. The Morgan fingerprint density at radius 1 is 1.35 bits per heavy atom. The molecular formula is C10H20N4O2S. The predicted molar refractivity (Wildman–Crippen MR) is 67.2 cm³/mol. The summed E-state index contributed by atoms with van der Waals surface area (Å²) in [4.78, 5) is 0. The highest BCUT2D eigenvalue weighted by molar-refractivity contribution is 7.89. The second-order valence-corrected chi connectivity index (χ2v) is 6.49. The lowest BCUT2D eigenvalue weighted by atomic mass is 10.2. The molecule has 0 spiro atoms. The van der Waals surface area contributed by atoms with E-state index in [1.165, 1.54) is 4.31 Å². The van der Waals surface area contributed by atoms with Crippen molar-refractivity contribution >= 4 is 10.0 Å². The van der Waals surface area contributed by atoms with Crippen LogP contribution in [-0.2, 0) is 16.6 Å². The molecule has 1 heterocycles. The van der Waals surface area contributed by atoms with Crippen LogP contribution >= 0.6 is 0 Å². The van der Waals surface area contributed by atoms with Crippen LogP contribution in [0.1, 0.15) is 17.0 Å². The van der Waals surface area contributed by atoms with Gasteiger partial charge in [-0.25, -0.2) is 12.7 Å². The van der Waals surface area contributed by atoms with Crippen LogP contribution in [0.5, 0.6) is 0 Å². The average Bonchev–Trinajstić information content (AvgIpc) is 2.54. The number of H-pyrrole nitrogens is 1. The molecular weight excluding hydrogens is 240 g/mol. The van der Waals surface area contributed by atoms with Gasteiger partial charge in [0, 0.05) is 38.4 Å². The molecule has 0 unspecified atom stereocenters. The summed E-state index contributed by atoms with van der Waals surface area (Å²) in [5.41, 5.74) is 3.07. The number of sulfonamides is 1. The van der Waals surface area contributed by atoms with Gasteiger partial charge in [0.15, 0.2) is 0 Å². The van der Waals surface area contributed by atoms with Gasteiger partial charge < -0.3 is 5.32 Å². The summed E-state index contributed by atoms with van der Waals surface area (Å²) >= 11 is 0. The lowest BCUT2D eigenvalue weighted by molar-refractivity contribution is 0.517. The normalized spacial score (nSPS) is 12.3. The minimum absolute atomic E-state index is 0.107. The Morgan fingerprint density at radius 3 is 2.47 bits per heavy atom. The third-order valence-corrected chi connectivity index (χ3v) is 4.51. The van der Waals surface area contributed by atoms with Gasteiger partial charge in [0.25, 0.3) is 0 Å². The van der Waals surface area contributed by atoms with Gasteiger partial charge in [0.05, 0.1) is 11.4 Å². The molecule has 0 fully saturated rings. The fraction of sp³-hybridized carbons (Fsp3) is 0.700. The smallest absolute Gasteiger partial charge is 0.214 e. The zero-order chi connectivity index (χ0) is 13.1. The minimum Gasteiger partial charge on any atom is -0.311 e. The molecule has 1 rings (SSSR count). The third-order valence-electron chi connectivity index (χ3n) is 2.68. The van der Waals surface area contributed by atoms with E-state index in [-0.39, 0.29) is 5.75 Å². The number of nitrogens with one attached hydrogen (secondary N) is 2. The van der Waals surface area contributed by atoms with Crippen molar-refractivity contribution in [3.05, 3.63) is 17.0 Å². The van der Waals surface area contributed by atoms with Crippen molar-refractivity contribution in [2.75, 3.05) is 26.4 Å². The molecule has 0 saturated carbocycles. The van der Waals surface area contributed by atoms with Gasteiger partial charge in [0.2, 0.25) is 10.0 Å². The lowest BCUT2D eigenvalue weighted by Gasteiger charge is -2.11. The summed E-state index contributed by atoms with van der Waals surface area (Å²) in [6.45, 7) is 4.95. The summed E-state index contributed by atoms with van der Waals surface area (Å²) in [6.07, 6.45) is 0. The van der Waals surface area contributed by atoms with Crippen molar-refractivity contribution in [2.24, 2.45) is 0 Å². The fourth-order valence-electron chi connectivity index (χ4n) is 1.43. The highest BCUT2D eigenvalue weighted by Gasteiger charge is 2.13. The predicted octanol–water partition coefficient (Wildman–Crippen LogP) is 0.00754. The summed E-state index contributed by atoms with van der Waals surface area (Å²) in [5.74, 6) is 0.107. The van der Waals surface area contributed by atoms with E-state index in [1.807, 2.05) is 13.8 Å². The molecule has 17 heavy (non-hydrogen) atoms. The summed E-state index contributed by atoms with van der Waals surface area (Å²) in [7, 11) is -0.0294. The number of nitrogens with zero attached hydrogens (tertiary/aromatic N) is 2. The quantitative estimate of drug-likeness (QED) is 0.706. The van der Waals surface area contributed by atoms with Crippen molar-refractivity contribution in [3.8, 4) is 0 Å². The monoisotopic (exact) mass is 260 g/mol. The van der Waals surface area contributed by atoms with Gasteiger partial charge in [-0.2, -0.15) is 5.10 Å². The lowest BCUT2D eigenvalue weighted by Crippen LogP contribution is -2.31. The largest absolute Gasteiger partial charge is 0.311 e. The van der Waals surface area contributed by atoms with E-state index in [0.29, 0.717) is 13.1 Å². The molecule has 0 bridgehead atoms. The molecule has 0 amide bonds. The van der Waals surface area contributed by atoms with Crippen LogP contribution in [0, 0.1) is 13.8 Å². The number of rotatable bonds is 6. The van der Waals surface area contributed by atoms with E-state index >= 15 is 0 Å². The van der Waals surface area contributed by atoms with Crippen molar-refractivity contribution < 1.29 is 8.42 Å². The zero-order valence-electron chi connectivity index (χ0n) is 10.7. The maximum atomic E-state index is 11.5. The van der Waals surface area contributed by atoms with Crippen molar-refractivity contribution in [1.82, 2.24) is 19.8 Å². The standard InChI is InChI=1S/C10H20N4O2S/c1-8-10(9(2)13-12-8)7-11-5-6-17(15,16)14(3)4/h11H,5-7H2,1-4H3,(H,12,13). The highest BCUT2D eigenvalue weighted by Crippen LogP contribution is 2.08. The summed E-state index contributed by atoms with van der Waals surface area (Å²) < 4.78 is 24.2. The molecule has 0 aliphatic heterocycles. The molecule has 7 heteroatoms.